The third kappa shape index (κ3) is 6.27. The Labute approximate surface area is 151 Å². The molecule has 0 saturated heterocycles. The van der Waals surface area contributed by atoms with Gasteiger partial charge >= 0.3 is 0 Å². The number of nitrogens with two attached hydrogens (primary N) is 1. The van der Waals surface area contributed by atoms with Crippen LogP contribution in [0.15, 0.2) is 65.7 Å². The van der Waals surface area contributed by atoms with Crippen LogP contribution >= 0.6 is 0 Å². The van der Waals surface area contributed by atoms with E-state index >= 15 is 0 Å². The van der Waals surface area contributed by atoms with Crippen LogP contribution in [0.2, 0.25) is 0 Å². The maximum Gasteiger partial charge on any atom is 0.0991 e. The Bertz CT molecular complexity index is 778. The van der Waals surface area contributed by atoms with Crippen LogP contribution in [-0.2, 0) is 0 Å². The highest BCUT2D eigenvalue weighted by Gasteiger charge is 2.12. The fraction of sp³-hybridized carbons (Fsp3) is 0.273. The summed E-state index contributed by atoms with van der Waals surface area (Å²) in [6, 6.07) is 18.0. The minimum absolute atomic E-state index is 0.0309. The van der Waals surface area contributed by atoms with E-state index in [4.69, 9.17) is 11.0 Å². The molecule has 0 aromatic heterocycles. The first-order valence-corrected chi connectivity index (χ1v) is 8.54. The van der Waals surface area contributed by atoms with Crippen LogP contribution in [0, 0.1) is 11.3 Å². The van der Waals surface area contributed by atoms with Crippen molar-refractivity contribution in [1.82, 2.24) is 0 Å². The highest BCUT2D eigenvalue weighted by molar-refractivity contribution is 5.77. The van der Waals surface area contributed by atoms with Gasteiger partial charge in [0.05, 0.1) is 23.5 Å². The summed E-state index contributed by atoms with van der Waals surface area (Å²) >= 11 is 0. The number of nitrogens with zero attached hydrogens (tertiary/aromatic N) is 2. The van der Waals surface area contributed by atoms with Gasteiger partial charge in [-0.15, -0.1) is 6.58 Å². The molecule has 0 saturated carbocycles. The summed E-state index contributed by atoms with van der Waals surface area (Å²) in [4.78, 5) is 4.54. The SMILES string of the molecule is C=C(C)CC(N=C(C)N)c1cccc(-c2cccc(C#N)c2)c1.CC. The summed E-state index contributed by atoms with van der Waals surface area (Å²) in [5.74, 6) is 0.563. The number of amidine groups is 1. The number of benzene rings is 2. The molecule has 0 bridgehead atoms. The van der Waals surface area contributed by atoms with Gasteiger partial charge in [0.25, 0.3) is 0 Å². The Morgan fingerprint density at radius 2 is 1.72 bits per heavy atom. The molecule has 2 rings (SSSR count). The highest BCUT2D eigenvalue weighted by atomic mass is 14.9. The molecule has 0 heterocycles. The molecular formula is C22H27N3. The van der Waals surface area contributed by atoms with Gasteiger partial charge in [-0.25, -0.2) is 0 Å². The maximum atomic E-state index is 9.06. The summed E-state index contributed by atoms with van der Waals surface area (Å²) in [5.41, 5.74) is 10.7. The van der Waals surface area contributed by atoms with Crippen LogP contribution in [0.5, 0.6) is 0 Å². The molecule has 0 aliphatic heterocycles. The second-order valence-corrected chi connectivity index (χ2v) is 5.77. The van der Waals surface area contributed by atoms with E-state index in [1.807, 2.05) is 51.1 Å². The Morgan fingerprint density at radius 3 is 2.28 bits per heavy atom. The largest absolute Gasteiger partial charge is 0.388 e. The lowest BCUT2D eigenvalue weighted by Gasteiger charge is -2.15. The van der Waals surface area contributed by atoms with Crippen molar-refractivity contribution in [2.75, 3.05) is 0 Å². The summed E-state index contributed by atoms with van der Waals surface area (Å²) in [6.45, 7) is 11.8. The molecule has 0 spiro atoms. The molecule has 2 N–H and O–H groups in total. The second-order valence-electron chi connectivity index (χ2n) is 5.77. The maximum absolute atomic E-state index is 9.06. The Hall–Kier alpha value is -2.86. The quantitative estimate of drug-likeness (QED) is 0.437. The predicted octanol–water partition coefficient (Wildman–Crippen LogP) is 5.64. The van der Waals surface area contributed by atoms with Crippen LogP contribution in [0.4, 0.5) is 0 Å². The van der Waals surface area contributed by atoms with E-state index in [1.54, 1.807) is 13.0 Å². The molecule has 3 nitrogen and oxygen atoms in total. The van der Waals surface area contributed by atoms with Crippen LogP contribution in [0.3, 0.4) is 0 Å². The van der Waals surface area contributed by atoms with Gasteiger partial charge in [0.1, 0.15) is 0 Å². The van der Waals surface area contributed by atoms with Crippen LogP contribution in [0.1, 0.15) is 51.3 Å². The standard InChI is InChI=1S/C20H21N3.C2H6/c1-14(2)10-20(23-15(3)22)19-9-5-8-18(12-19)17-7-4-6-16(11-17)13-21;1-2/h4-9,11-12,20H,1,10H2,2-3H3,(H2,22,23);1-2H3. The predicted molar refractivity (Wildman–Crippen MR) is 107 cm³/mol. The molecule has 130 valence electrons. The van der Waals surface area contributed by atoms with E-state index in [2.05, 4.69) is 29.8 Å². The third-order valence-corrected chi connectivity index (χ3v) is 3.50. The van der Waals surface area contributed by atoms with Crippen molar-refractivity contribution < 1.29 is 0 Å². The summed E-state index contributed by atoms with van der Waals surface area (Å²) < 4.78 is 0. The van der Waals surface area contributed by atoms with Crippen molar-refractivity contribution in [3.63, 3.8) is 0 Å². The molecule has 0 radical (unpaired) electrons. The van der Waals surface area contributed by atoms with Gasteiger partial charge in [0, 0.05) is 0 Å². The molecule has 0 aliphatic rings. The normalized spacial score (nSPS) is 11.7. The summed E-state index contributed by atoms with van der Waals surface area (Å²) in [7, 11) is 0. The zero-order valence-electron chi connectivity index (χ0n) is 15.6. The number of nitriles is 1. The number of rotatable bonds is 5. The van der Waals surface area contributed by atoms with Crippen molar-refractivity contribution in [3.8, 4) is 17.2 Å². The Balaban J connectivity index is 0.00000151. The lowest BCUT2D eigenvalue weighted by atomic mass is 9.96. The molecular weight excluding hydrogens is 306 g/mol. The van der Waals surface area contributed by atoms with E-state index < -0.39 is 0 Å². The molecule has 3 heteroatoms. The first-order valence-electron chi connectivity index (χ1n) is 8.54. The van der Waals surface area contributed by atoms with Gasteiger partial charge in [-0.2, -0.15) is 5.26 Å². The second kappa shape index (κ2) is 10.1. The molecule has 2 aromatic rings. The smallest absolute Gasteiger partial charge is 0.0991 e. The van der Waals surface area contributed by atoms with Gasteiger partial charge in [0.15, 0.2) is 0 Å². The van der Waals surface area contributed by atoms with Crippen molar-refractivity contribution in [1.29, 1.82) is 5.26 Å². The van der Waals surface area contributed by atoms with E-state index in [1.165, 1.54) is 0 Å². The van der Waals surface area contributed by atoms with E-state index in [9.17, 15) is 0 Å². The first kappa shape index (κ1) is 20.2. The van der Waals surface area contributed by atoms with Crippen molar-refractivity contribution in [2.45, 2.75) is 40.2 Å². The topological polar surface area (TPSA) is 62.2 Å². The van der Waals surface area contributed by atoms with Gasteiger partial charge in [-0.1, -0.05) is 49.8 Å². The van der Waals surface area contributed by atoms with E-state index in [-0.39, 0.29) is 6.04 Å². The average Bonchev–Trinajstić information content (AvgIpc) is 2.62. The molecule has 2 aromatic carbocycles. The lowest BCUT2D eigenvalue weighted by molar-refractivity contribution is 0.718. The number of hydrogen-bond donors (Lipinski definition) is 1. The summed E-state index contributed by atoms with van der Waals surface area (Å²) in [6.07, 6.45) is 0.760. The fourth-order valence-corrected chi connectivity index (χ4v) is 2.51. The van der Waals surface area contributed by atoms with Crippen LogP contribution < -0.4 is 5.73 Å². The number of aliphatic imine (C=N–C) groups is 1. The zero-order chi connectivity index (χ0) is 18.8. The van der Waals surface area contributed by atoms with Crippen LogP contribution in [-0.4, -0.2) is 5.84 Å². The Morgan fingerprint density at radius 1 is 1.12 bits per heavy atom. The van der Waals surface area contributed by atoms with Crippen LogP contribution in [0.25, 0.3) is 11.1 Å². The summed E-state index contributed by atoms with van der Waals surface area (Å²) in [5, 5.41) is 9.06. The van der Waals surface area contributed by atoms with Crippen molar-refractivity contribution in [2.24, 2.45) is 10.7 Å². The van der Waals surface area contributed by atoms with Gasteiger partial charge in [0.2, 0.25) is 0 Å². The van der Waals surface area contributed by atoms with E-state index in [0.29, 0.717) is 11.4 Å². The van der Waals surface area contributed by atoms with E-state index in [0.717, 1.165) is 28.7 Å². The minimum Gasteiger partial charge on any atom is -0.388 e. The fourth-order valence-electron chi connectivity index (χ4n) is 2.51. The van der Waals surface area contributed by atoms with Gasteiger partial charge < -0.3 is 5.73 Å². The van der Waals surface area contributed by atoms with Gasteiger partial charge in [-0.05, 0) is 55.2 Å². The third-order valence-electron chi connectivity index (χ3n) is 3.50. The van der Waals surface area contributed by atoms with Crippen molar-refractivity contribution in [3.05, 3.63) is 71.8 Å². The first-order chi connectivity index (χ1) is 12.0. The molecule has 1 atom stereocenters. The molecule has 1 unspecified atom stereocenters. The monoisotopic (exact) mass is 333 g/mol. The molecule has 0 aliphatic carbocycles. The molecule has 0 amide bonds. The minimum atomic E-state index is -0.0309. The number of hydrogen-bond acceptors (Lipinski definition) is 2. The Kier molecular flexibility index (Phi) is 8.15. The molecule has 0 fully saturated rings. The average molecular weight is 333 g/mol. The van der Waals surface area contributed by atoms with Gasteiger partial charge in [-0.3, -0.25) is 4.99 Å². The lowest BCUT2D eigenvalue weighted by Crippen LogP contribution is -2.09. The highest BCUT2D eigenvalue weighted by Crippen LogP contribution is 2.29. The molecule has 25 heavy (non-hydrogen) atoms. The zero-order valence-corrected chi connectivity index (χ0v) is 15.6. The van der Waals surface area contributed by atoms with Crippen molar-refractivity contribution >= 4 is 5.84 Å².